The summed E-state index contributed by atoms with van der Waals surface area (Å²) in [5.74, 6) is 0.672. The molecule has 3 aliphatic rings. The van der Waals surface area contributed by atoms with Crippen LogP contribution in [0.1, 0.15) is 84.5 Å². The summed E-state index contributed by atoms with van der Waals surface area (Å²) in [6.07, 6.45) is 12.9. The molecule has 0 aromatic rings. The summed E-state index contributed by atoms with van der Waals surface area (Å²) in [4.78, 5) is 29.0. The molecule has 0 atom stereocenters. The topological polar surface area (TPSA) is 52.7 Å². The van der Waals surface area contributed by atoms with Gasteiger partial charge in [-0.05, 0) is 56.3 Å². The van der Waals surface area contributed by atoms with Gasteiger partial charge >= 0.3 is 6.03 Å². The molecule has 2 saturated heterocycles. The molecule has 154 valence electrons. The van der Waals surface area contributed by atoms with Crippen LogP contribution in [0.15, 0.2) is 0 Å². The highest BCUT2D eigenvalue weighted by Gasteiger charge is 2.35. The SMILES string of the molecule is CC(C)CC(=O)N1CCC(NC(=O)N2CCCC3(CCCCC3)CC2)CC1. The van der Waals surface area contributed by atoms with Gasteiger partial charge in [-0.1, -0.05) is 33.1 Å². The van der Waals surface area contributed by atoms with Gasteiger partial charge < -0.3 is 15.1 Å². The molecule has 3 fully saturated rings. The molecule has 5 nitrogen and oxygen atoms in total. The van der Waals surface area contributed by atoms with E-state index in [2.05, 4.69) is 24.1 Å². The van der Waals surface area contributed by atoms with Crippen LogP contribution >= 0.6 is 0 Å². The molecule has 0 aromatic carbocycles. The summed E-state index contributed by atoms with van der Waals surface area (Å²) < 4.78 is 0. The van der Waals surface area contributed by atoms with Gasteiger partial charge in [0.25, 0.3) is 0 Å². The lowest BCUT2D eigenvalue weighted by atomic mass is 9.69. The van der Waals surface area contributed by atoms with Crippen LogP contribution in [0.2, 0.25) is 0 Å². The van der Waals surface area contributed by atoms with Crippen LogP contribution < -0.4 is 5.32 Å². The second kappa shape index (κ2) is 9.29. The maximum atomic E-state index is 12.8. The standard InChI is InChI=1S/C22H39N3O2/c1-18(2)17-20(26)24-14-7-19(8-15-24)23-21(27)25-13-6-11-22(12-16-25)9-4-3-5-10-22/h18-19H,3-17H2,1-2H3,(H,23,27). The minimum atomic E-state index is 0.120. The lowest BCUT2D eigenvalue weighted by molar-refractivity contribution is -0.133. The number of carbonyl (C=O) groups excluding carboxylic acids is 2. The molecule has 0 unspecified atom stereocenters. The fourth-order valence-corrected chi connectivity index (χ4v) is 5.28. The quantitative estimate of drug-likeness (QED) is 0.802. The Hall–Kier alpha value is -1.26. The van der Waals surface area contributed by atoms with Crippen LogP contribution in [-0.2, 0) is 4.79 Å². The number of hydrogen-bond acceptors (Lipinski definition) is 2. The summed E-state index contributed by atoms with van der Waals surface area (Å²) in [5.41, 5.74) is 0.523. The van der Waals surface area contributed by atoms with Crippen molar-refractivity contribution in [2.24, 2.45) is 11.3 Å². The van der Waals surface area contributed by atoms with Crippen LogP contribution in [0.4, 0.5) is 4.79 Å². The van der Waals surface area contributed by atoms with Gasteiger partial charge in [-0.15, -0.1) is 0 Å². The Kier molecular flexibility index (Phi) is 7.04. The molecule has 3 amide bonds. The number of carbonyl (C=O) groups is 2. The zero-order chi connectivity index (χ0) is 19.3. The minimum absolute atomic E-state index is 0.120. The monoisotopic (exact) mass is 377 g/mol. The van der Waals surface area contributed by atoms with Crippen LogP contribution in [0.25, 0.3) is 0 Å². The van der Waals surface area contributed by atoms with E-state index >= 15 is 0 Å². The predicted octanol–water partition coefficient (Wildman–Crippen LogP) is 4.17. The highest BCUT2D eigenvalue weighted by atomic mass is 16.2. The third-order valence-corrected chi connectivity index (χ3v) is 7.01. The molecule has 1 N–H and O–H groups in total. The third kappa shape index (κ3) is 5.61. The van der Waals surface area contributed by atoms with Gasteiger partial charge in [-0.2, -0.15) is 0 Å². The number of amides is 3. The molecule has 5 heteroatoms. The Labute approximate surface area is 165 Å². The normalized spacial score (nSPS) is 24.1. The van der Waals surface area contributed by atoms with Crippen LogP contribution in [0.5, 0.6) is 0 Å². The molecule has 1 saturated carbocycles. The van der Waals surface area contributed by atoms with Gasteiger partial charge in [0, 0.05) is 38.6 Å². The van der Waals surface area contributed by atoms with Crippen molar-refractivity contribution in [3.8, 4) is 0 Å². The summed E-state index contributed by atoms with van der Waals surface area (Å²) in [7, 11) is 0. The van der Waals surface area contributed by atoms with Crippen molar-refractivity contribution in [1.29, 1.82) is 0 Å². The average molecular weight is 378 g/mol. The number of urea groups is 1. The van der Waals surface area contributed by atoms with Gasteiger partial charge in [0.1, 0.15) is 0 Å². The number of hydrogen-bond donors (Lipinski definition) is 1. The fourth-order valence-electron chi connectivity index (χ4n) is 5.28. The van der Waals surface area contributed by atoms with E-state index in [0.717, 1.165) is 45.4 Å². The van der Waals surface area contributed by atoms with Crippen molar-refractivity contribution < 1.29 is 9.59 Å². The smallest absolute Gasteiger partial charge is 0.317 e. The number of nitrogens with one attached hydrogen (secondary N) is 1. The van der Waals surface area contributed by atoms with Crippen LogP contribution in [0, 0.1) is 11.3 Å². The van der Waals surface area contributed by atoms with Crippen molar-refractivity contribution in [2.75, 3.05) is 26.2 Å². The molecular weight excluding hydrogens is 338 g/mol. The zero-order valence-electron chi connectivity index (χ0n) is 17.5. The first kappa shape index (κ1) is 20.5. The van der Waals surface area contributed by atoms with E-state index in [0.29, 0.717) is 17.8 Å². The van der Waals surface area contributed by atoms with Gasteiger partial charge in [-0.25, -0.2) is 4.79 Å². The Morgan fingerprint density at radius 2 is 1.56 bits per heavy atom. The molecule has 27 heavy (non-hydrogen) atoms. The fraction of sp³-hybridized carbons (Fsp3) is 0.909. The third-order valence-electron chi connectivity index (χ3n) is 7.01. The first-order valence-corrected chi connectivity index (χ1v) is 11.3. The molecule has 2 aliphatic heterocycles. The van der Waals surface area contributed by atoms with Crippen molar-refractivity contribution >= 4 is 11.9 Å². The molecule has 0 aromatic heterocycles. The number of nitrogens with zero attached hydrogens (tertiary/aromatic N) is 2. The average Bonchev–Trinajstić information content (AvgIpc) is 2.85. The highest BCUT2D eigenvalue weighted by Crippen LogP contribution is 2.44. The molecule has 0 radical (unpaired) electrons. The summed E-state index contributed by atoms with van der Waals surface area (Å²) in [6.45, 7) is 7.54. The van der Waals surface area contributed by atoms with Gasteiger partial charge in [0.15, 0.2) is 0 Å². The van der Waals surface area contributed by atoms with E-state index in [1.165, 1.54) is 44.9 Å². The highest BCUT2D eigenvalue weighted by molar-refractivity contribution is 5.77. The molecule has 1 spiro atoms. The molecule has 1 aliphatic carbocycles. The van der Waals surface area contributed by atoms with Crippen LogP contribution in [0.3, 0.4) is 0 Å². The first-order valence-electron chi connectivity index (χ1n) is 11.3. The second-order valence-corrected chi connectivity index (χ2v) is 9.60. The van der Waals surface area contributed by atoms with Crippen LogP contribution in [-0.4, -0.2) is 54.0 Å². The van der Waals surface area contributed by atoms with Gasteiger partial charge in [0.05, 0.1) is 0 Å². The molecule has 0 bridgehead atoms. The predicted molar refractivity (Wildman–Crippen MR) is 109 cm³/mol. The van der Waals surface area contributed by atoms with Crippen molar-refractivity contribution in [3.63, 3.8) is 0 Å². The van der Waals surface area contributed by atoms with Gasteiger partial charge in [-0.3, -0.25) is 4.79 Å². The van der Waals surface area contributed by atoms with Crippen molar-refractivity contribution in [3.05, 3.63) is 0 Å². The molecular formula is C22H39N3O2. The lowest BCUT2D eigenvalue weighted by Crippen LogP contribution is -2.50. The minimum Gasteiger partial charge on any atom is -0.343 e. The van der Waals surface area contributed by atoms with E-state index in [1.54, 1.807) is 0 Å². The zero-order valence-corrected chi connectivity index (χ0v) is 17.5. The van der Waals surface area contributed by atoms with E-state index < -0.39 is 0 Å². The summed E-state index contributed by atoms with van der Waals surface area (Å²) >= 11 is 0. The first-order chi connectivity index (χ1) is 13.0. The Morgan fingerprint density at radius 1 is 0.889 bits per heavy atom. The van der Waals surface area contributed by atoms with E-state index in [1.807, 2.05) is 4.90 Å². The number of likely N-dealkylation sites (tertiary alicyclic amines) is 2. The van der Waals surface area contributed by atoms with E-state index in [9.17, 15) is 9.59 Å². The maximum Gasteiger partial charge on any atom is 0.317 e. The Bertz CT molecular complexity index is 506. The molecule has 2 heterocycles. The van der Waals surface area contributed by atoms with E-state index in [-0.39, 0.29) is 18.0 Å². The largest absolute Gasteiger partial charge is 0.343 e. The van der Waals surface area contributed by atoms with Crippen molar-refractivity contribution in [2.45, 2.75) is 90.5 Å². The maximum absolute atomic E-state index is 12.8. The van der Waals surface area contributed by atoms with Gasteiger partial charge in [0.2, 0.25) is 5.91 Å². The molecule has 3 rings (SSSR count). The number of piperidine rings is 1. The summed E-state index contributed by atoms with van der Waals surface area (Å²) in [6, 6.07) is 0.335. The number of rotatable bonds is 3. The lowest BCUT2D eigenvalue weighted by Gasteiger charge is -2.36. The Balaban J connectivity index is 1.42. The van der Waals surface area contributed by atoms with Crippen molar-refractivity contribution in [1.82, 2.24) is 15.1 Å². The second-order valence-electron chi connectivity index (χ2n) is 9.60. The Morgan fingerprint density at radius 3 is 2.22 bits per heavy atom. The summed E-state index contributed by atoms with van der Waals surface area (Å²) in [5, 5.41) is 3.26. The van der Waals surface area contributed by atoms with E-state index in [4.69, 9.17) is 0 Å².